The molecule has 1 aliphatic heterocycles. The van der Waals surface area contributed by atoms with Gasteiger partial charge in [-0.3, -0.25) is 0 Å². The molecule has 0 aliphatic carbocycles. The zero-order valence-corrected chi connectivity index (χ0v) is 13.1. The molecule has 0 radical (unpaired) electrons. The molecule has 2 aromatic heterocycles. The third-order valence-corrected chi connectivity index (χ3v) is 9.57. The second-order valence-electron chi connectivity index (χ2n) is 3.95. The summed E-state index contributed by atoms with van der Waals surface area (Å²) in [5, 5.41) is 1.28. The maximum Gasteiger partial charge on any atom is 0.116 e. The van der Waals surface area contributed by atoms with Gasteiger partial charge in [-0.1, -0.05) is 62.9 Å². The maximum atomic E-state index is 5.36. The van der Waals surface area contributed by atoms with Crippen molar-refractivity contribution in [3.63, 3.8) is 0 Å². The Morgan fingerprint density at radius 2 is 2.00 bits per heavy atom. The summed E-state index contributed by atoms with van der Waals surface area (Å²) in [6.07, 6.45) is 0. The van der Waals surface area contributed by atoms with Crippen molar-refractivity contribution < 1.29 is 0 Å². The number of nitrogens with one attached hydrogen (secondary N) is 1. The van der Waals surface area contributed by atoms with Crippen molar-refractivity contribution >= 4 is 67.3 Å². The Bertz CT molecular complexity index is 748. The highest BCUT2D eigenvalue weighted by Gasteiger charge is 2.28. The zero-order chi connectivity index (χ0) is 12.1. The third kappa shape index (κ3) is 1.78. The van der Waals surface area contributed by atoms with Crippen LogP contribution in [0.15, 0.2) is 39.4 Å². The topological polar surface area (TPSA) is 15.8 Å². The second-order valence-corrected chi connectivity index (χ2v) is 9.55. The number of thioether (sulfide) groups is 2. The first-order valence-electron chi connectivity index (χ1n) is 5.35. The lowest BCUT2D eigenvalue weighted by Gasteiger charge is -2.03. The molecule has 1 atom stereocenters. The van der Waals surface area contributed by atoms with Crippen LogP contribution in [-0.2, 0) is 0 Å². The van der Waals surface area contributed by atoms with E-state index in [0.717, 1.165) is 3.82 Å². The van der Waals surface area contributed by atoms with E-state index >= 15 is 0 Å². The molecule has 4 rings (SSSR count). The maximum absolute atomic E-state index is 5.36. The number of H-pyrrole nitrogens is 1. The molecule has 1 aromatic carbocycles. The Kier molecular flexibility index (Phi) is 2.81. The summed E-state index contributed by atoms with van der Waals surface area (Å²) in [6.45, 7) is 0. The van der Waals surface area contributed by atoms with E-state index in [1.165, 1.54) is 25.7 Å². The molecule has 90 valence electrons. The highest BCUT2D eigenvalue weighted by Crippen LogP contribution is 2.60. The van der Waals surface area contributed by atoms with Crippen LogP contribution >= 0.6 is 56.4 Å². The standard InChI is InChI=1S/C12H7NS5/c14-10-9-12(18-17-10)16-11(15-9)8-5-6-3-1-2-4-7(6)13-8/h1-5,11,13H/t11-/m0/s1. The van der Waals surface area contributed by atoms with Gasteiger partial charge in [0.2, 0.25) is 0 Å². The number of aromatic nitrogens is 1. The molecule has 0 spiro atoms. The van der Waals surface area contributed by atoms with Crippen molar-refractivity contribution in [1.82, 2.24) is 4.98 Å². The second kappa shape index (κ2) is 4.38. The van der Waals surface area contributed by atoms with E-state index in [0.29, 0.717) is 4.58 Å². The number of benzene rings is 1. The van der Waals surface area contributed by atoms with Crippen LogP contribution in [0.5, 0.6) is 0 Å². The van der Waals surface area contributed by atoms with Gasteiger partial charge in [-0.05, 0) is 17.5 Å². The van der Waals surface area contributed by atoms with E-state index in [2.05, 4.69) is 35.3 Å². The van der Waals surface area contributed by atoms with Crippen LogP contribution in [0.4, 0.5) is 0 Å². The monoisotopic (exact) mass is 325 g/mol. The summed E-state index contributed by atoms with van der Waals surface area (Å²) in [4.78, 5) is 4.83. The van der Waals surface area contributed by atoms with Crippen LogP contribution in [0.1, 0.15) is 10.3 Å². The van der Waals surface area contributed by atoms with Gasteiger partial charge in [0.25, 0.3) is 0 Å². The summed E-state index contributed by atoms with van der Waals surface area (Å²) in [5.74, 6) is 0. The largest absolute Gasteiger partial charge is 0.357 e. The molecular weight excluding hydrogens is 318 g/mol. The van der Waals surface area contributed by atoms with Crippen LogP contribution in [0.2, 0.25) is 0 Å². The van der Waals surface area contributed by atoms with Crippen molar-refractivity contribution in [3.8, 4) is 0 Å². The number of para-hydroxylation sites is 1. The van der Waals surface area contributed by atoms with Crippen molar-refractivity contribution in [2.45, 2.75) is 13.7 Å². The van der Waals surface area contributed by atoms with E-state index < -0.39 is 0 Å². The first-order chi connectivity index (χ1) is 8.81. The molecule has 0 saturated heterocycles. The molecule has 0 bridgehead atoms. The smallest absolute Gasteiger partial charge is 0.116 e. The van der Waals surface area contributed by atoms with Crippen LogP contribution in [0.3, 0.4) is 0 Å². The Hall–Kier alpha value is -0.270. The third-order valence-electron chi connectivity index (χ3n) is 2.81. The van der Waals surface area contributed by atoms with E-state index in [1.54, 1.807) is 10.3 Å². The molecule has 18 heavy (non-hydrogen) atoms. The normalized spacial score (nSPS) is 18.3. The Morgan fingerprint density at radius 3 is 2.83 bits per heavy atom. The quantitative estimate of drug-likeness (QED) is 0.442. The van der Waals surface area contributed by atoms with Crippen LogP contribution in [0.25, 0.3) is 10.9 Å². The summed E-state index contributed by atoms with van der Waals surface area (Å²) >= 11 is 9.17. The van der Waals surface area contributed by atoms with Gasteiger partial charge >= 0.3 is 0 Å². The number of aromatic amines is 1. The highest BCUT2D eigenvalue weighted by atomic mass is 32.9. The number of rotatable bonds is 1. The molecular formula is C12H7NS5. The zero-order valence-electron chi connectivity index (χ0n) is 9.01. The molecule has 6 heteroatoms. The van der Waals surface area contributed by atoms with E-state index in [-0.39, 0.29) is 0 Å². The van der Waals surface area contributed by atoms with E-state index in [4.69, 9.17) is 12.2 Å². The fourth-order valence-electron chi connectivity index (χ4n) is 1.98. The van der Waals surface area contributed by atoms with Gasteiger partial charge in [0.15, 0.2) is 0 Å². The fraction of sp³-hybridized carbons (Fsp3) is 0.0833. The summed E-state index contributed by atoms with van der Waals surface area (Å²) in [6, 6.07) is 10.7. The molecule has 1 nitrogen and oxygen atoms in total. The van der Waals surface area contributed by atoms with Crippen molar-refractivity contribution in [3.05, 3.63) is 39.8 Å². The summed E-state index contributed by atoms with van der Waals surface area (Å²) in [7, 11) is 3.52. The minimum absolute atomic E-state index is 0.425. The number of fused-ring (bicyclic) bond motifs is 2. The van der Waals surface area contributed by atoms with E-state index in [9.17, 15) is 0 Å². The van der Waals surface area contributed by atoms with Gasteiger partial charge in [0.05, 0.1) is 9.10 Å². The average molecular weight is 326 g/mol. The van der Waals surface area contributed by atoms with Crippen molar-refractivity contribution in [2.24, 2.45) is 0 Å². The van der Waals surface area contributed by atoms with Gasteiger partial charge < -0.3 is 4.98 Å². The lowest BCUT2D eigenvalue weighted by Crippen LogP contribution is -1.83. The molecule has 0 fully saturated rings. The SMILES string of the molecule is S=c1ssc2c1S[C@H](c1cc3ccccc3[nH]1)S2. The summed E-state index contributed by atoms with van der Waals surface area (Å²) < 4.78 is 2.86. The molecule has 1 N–H and O–H groups in total. The lowest BCUT2D eigenvalue weighted by molar-refractivity contribution is 1.25. The van der Waals surface area contributed by atoms with Crippen LogP contribution < -0.4 is 0 Å². The fourth-order valence-corrected chi connectivity index (χ4v) is 8.77. The van der Waals surface area contributed by atoms with Crippen molar-refractivity contribution in [1.29, 1.82) is 0 Å². The number of hydrogen-bond donors (Lipinski definition) is 1. The molecule has 0 amide bonds. The van der Waals surface area contributed by atoms with Gasteiger partial charge in [-0.15, -0.1) is 11.8 Å². The van der Waals surface area contributed by atoms with Gasteiger partial charge in [-0.2, -0.15) is 0 Å². The lowest BCUT2D eigenvalue weighted by atomic mass is 10.2. The predicted molar refractivity (Wildman–Crippen MR) is 85.8 cm³/mol. The number of hydrogen-bond acceptors (Lipinski definition) is 5. The first kappa shape index (κ1) is 11.5. The first-order valence-corrected chi connectivity index (χ1v) is 9.67. The molecule has 0 unspecified atom stereocenters. The Balaban J connectivity index is 1.75. The Labute approximate surface area is 125 Å². The molecule has 0 saturated carbocycles. The van der Waals surface area contributed by atoms with Crippen LogP contribution in [0, 0.1) is 3.82 Å². The summed E-state index contributed by atoms with van der Waals surface area (Å²) in [5.41, 5.74) is 2.50. The molecule has 1 aliphatic rings. The van der Waals surface area contributed by atoms with Crippen molar-refractivity contribution in [2.75, 3.05) is 0 Å². The molecule has 3 heterocycles. The highest BCUT2D eigenvalue weighted by molar-refractivity contribution is 8.20. The predicted octanol–water partition coefficient (Wildman–Crippen LogP) is 5.92. The minimum Gasteiger partial charge on any atom is -0.357 e. The van der Waals surface area contributed by atoms with Crippen LogP contribution in [-0.4, -0.2) is 4.98 Å². The average Bonchev–Trinajstić information content (AvgIpc) is 3.04. The van der Waals surface area contributed by atoms with Gasteiger partial charge in [0, 0.05) is 11.2 Å². The van der Waals surface area contributed by atoms with Gasteiger partial charge in [-0.25, -0.2) is 0 Å². The Morgan fingerprint density at radius 1 is 1.11 bits per heavy atom. The minimum atomic E-state index is 0.425. The molecule has 3 aromatic rings. The van der Waals surface area contributed by atoms with E-state index in [1.807, 2.05) is 33.9 Å². The van der Waals surface area contributed by atoms with Gasteiger partial charge in [0.1, 0.15) is 8.41 Å².